The molecule has 0 saturated carbocycles. The van der Waals surface area contributed by atoms with Gasteiger partial charge in [-0.25, -0.2) is 4.99 Å². The maximum Gasteiger partial charge on any atom is 0.320 e. The molecule has 2 heterocycles. The van der Waals surface area contributed by atoms with E-state index in [1.165, 1.54) is 6.08 Å². The molecule has 1 unspecified atom stereocenters. The van der Waals surface area contributed by atoms with Gasteiger partial charge >= 0.3 is 5.92 Å². The molecule has 0 amide bonds. The number of aliphatic hydroxyl groups is 3. The lowest BCUT2D eigenvalue weighted by atomic mass is 9.95. The number of aliphatic imine (C=N–C) groups is 1. The van der Waals surface area contributed by atoms with Gasteiger partial charge in [0.2, 0.25) is 12.6 Å². The Morgan fingerprint density at radius 1 is 1.55 bits per heavy atom. The molecule has 0 spiro atoms. The van der Waals surface area contributed by atoms with E-state index < -0.39 is 36.8 Å². The van der Waals surface area contributed by atoms with Gasteiger partial charge in [0.25, 0.3) is 0 Å². The van der Waals surface area contributed by atoms with Crippen LogP contribution < -0.4 is 5.73 Å². The minimum Gasteiger partial charge on any atom is -0.393 e. The fourth-order valence-corrected chi connectivity index (χ4v) is 2.10. The number of hydrogen-bond donors (Lipinski definition) is 4. The lowest BCUT2D eigenvalue weighted by Crippen LogP contribution is -2.52. The Kier molecular flexibility index (Phi) is 3.54. The van der Waals surface area contributed by atoms with Gasteiger partial charge in [0.15, 0.2) is 6.10 Å². The van der Waals surface area contributed by atoms with Crippen molar-refractivity contribution in [2.75, 3.05) is 6.61 Å². The Hall–Kier alpha value is -1.55. The van der Waals surface area contributed by atoms with Gasteiger partial charge in [-0.1, -0.05) is 6.08 Å². The smallest absolute Gasteiger partial charge is 0.320 e. The van der Waals surface area contributed by atoms with E-state index >= 15 is 0 Å². The summed E-state index contributed by atoms with van der Waals surface area (Å²) < 4.78 is 33.3. The van der Waals surface area contributed by atoms with Crippen LogP contribution in [0.2, 0.25) is 0 Å². The van der Waals surface area contributed by atoms with Crippen molar-refractivity contribution in [3.8, 4) is 0 Å². The third-order valence-corrected chi connectivity index (χ3v) is 3.30. The number of alkyl halides is 2. The van der Waals surface area contributed by atoms with Crippen LogP contribution in [0.1, 0.15) is 0 Å². The van der Waals surface area contributed by atoms with E-state index in [4.69, 9.17) is 10.5 Å². The third-order valence-electron chi connectivity index (χ3n) is 3.30. The molecule has 0 radical (unpaired) electrons. The van der Waals surface area contributed by atoms with Crippen LogP contribution in [0.25, 0.3) is 0 Å². The van der Waals surface area contributed by atoms with Crippen LogP contribution in [0.5, 0.6) is 0 Å². The molecular formula is C11H15F2N3O4. The number of ether oxygens (including phenoxy) is 1. The fraction of sp³-hybridized carbons (Fsp3) is 0.545. The standard InChI is InChI=1S/C11H15F2N3O4/c1-2-10(5-17)7(18)11(12,13)8(20-10)16-4-3-6(14)15-9(16)19/h2-4,7-9,17-19H,1,5H2,(H2,14,15)/t7-,8-,9?,10-/m1/s1. The first kappa shape index (κ1) is 14.9. The lowest BCUT2D eigenvalue weighted by Gasteiger charge is -2.34. The van der Waals surface area contributed by atoms with Crippen LogP contribution >= 0.6 is 0 Å². The summed E-state index contributed by atoms with van der Waals surface area (Å²) in [5.41, 5.74) is 3.31. The molecule has 7 nitrogen and oxygen atoms in total. The third kappa shape index (κ3) is 1.99. The number of rotatable bonds is 3. The van der Waals surface area contributed by atoms with Crippen molar-refractivity contribution in [3.05, 3.63) is 24.9 Å². The van der Waals surface area contributed by atoms with Crippen molar-refractivity contribution >= 4 is 5.84 Å². The minimum absolute atomic E-state index is 0.0345. The highest BCUT2D eigenvalue weighted by Crippen LogP contribution is 2.45. The van der Waals surface area contributed by atoms with Gasteiger partial charge in [-0.05, 0) is 6.08 Å². The number of amidine groups is 1. The SMILES string of the molecule is C=C[C@]1(CO)O[C@@H](N2C=CC(N)=NC2O)C(F)(F)[C@@H]1O. The van der Waals surface area contributed by atoms with E-state index in [-0.39, 0.29) is 5.84 Å². The van der Waals surface area contributed by atoms with Crippen molar-refractivity contribution in [2.45, 2.75) is 30.2 Å². The fourth-order valence-electron chi connectivity index (χ4n) is 2.10. The molecule has 1 fully saturated rings. The quantitative estimate of drug-likeness (QED) is 0.482. The number of nitrogens with two attached hydrogens (primary N) is 1. The largest absolute Gasteiger partial charge is 0.393 e. The van der Waals surface area contributed by atoms with E-state index in [1.807, 2.05) is 0 Å². The van der Waals surface area contributed by atoms with Crippen molar-refractivity contribution < 1.29 is 28.8 Å². The first-order chi connectivity index (χ1) is 9.28. The molecule has 2 aliphatic heterocycles. The molecule has 0 aliphatic carbocycles. The highest BCUT2D eigenvalue weighted by atomic mass is 19.3. The molecule has 0 bridgehead atoms. The number of hydrogen-bond acceptors (Lipinski definition) is 7. The van der Waals surface area contributed by atoms with Crippen molar-refractivity contribution in [1.82, 2.24) is 4.90 Å². The summed E-state index contributed by atoms with van der Waals surface area (Å²) in [7, 11) is 0. The van der Waals surface area contributed by atoms with Crippen molar-refractivity contribution in [1.29, 1.82) is 0 Å². The second-order valence-corrected chi connectivity index (χ2v) is 4.53. The molecule has 0 aromatic heterocycles. The topological polar surface area (TPSA) is 112 Å². The van der Waals surface area contributed by atoms with Crippen molar-refractivity contribution in [3.63, 3.8) is 0 Å². The Morgan fingerprint density at radius 3 is 2.65 bits per heavy atom. The van der Waals surface area contributed by atoms with Crippen LogP contribution in [-0.2, 0) is 4.74 Å². The highest BCUT2D eigenvalue weighted by molar-refractivity contribution is 5.91. The molecule has 5 N–H and O–H groups in total. The minimum atomic E-state index is -3.76. The summed E-state index contributed by atoms with van der Waals surface area (Å²) in [6.45, 7) is 2.40. The lowest BCUT2D eigenvalue weighted by molar-refractivity contribution is -0.189. The second-order valence-electron chi connectivity index (χ2n) is 4.53. The van der Waals surface area contributed by atoms with E-state index in [2.05, 4.69) is 11.6 Å². The summed E-state index contributed by atoms with van der Waals surface area (Å²) >= 11 is 0. The highest BCUT2D eigenvalue weighted by Gasteiger charge is 2.67. The average Bonchev–Trinajstić information content (AvgIpc) is 2.60. The first-order valence-electron chi connectivity index (χ1n) is 5.73. The molecule has 2 rings (SSSR count). The Morgan fingerprint density at radius 2 is 2.20 bits per heavy atom. The summed E-state index contributed by atoms with van der Waals surface area (Å²) in [6.07, 6.45) is -2.83. The van der Waals surface area contributed by atoms with Gasteiger partial charge < -0.3 is 30.7 Å². The molecule has 2 aliphatic rings. The summed E-state index contributed by atoms with van der Waals surface area (Å²) in [4.78, 5) is 4.20. The van der Waals surface area contributed by atoms with E-state index in [1.54, 1.807) is 0 Å². The zero-order chi connectivity index (χ0) is 15.1. The molecular weight excluding hydrogens is 276 g/mol. The predicted octanol–water partition coefficient (Wildman–Crippen LogP) is -1.28. The van der Waals surface area contributed by atoms with Crippen LogP contribution in [0.3, 0.4) is 0 Å². The van der Waals surface area contributed by atoms with E-state index in [0.717, 1.165) is 12.3 Å². The van der Waals surface area contributed by atoms with Crippen LogP contribution in [0, 0.1) is 0 Å². The van der Waals surface area contributed by atoms with Crippen LogP contribution in [0.15, 0.2) is 29.9 Å². The number of halogens is 2. The Balaban J connectivity index is 2.34. The molecule has 0 aromatic carbocycles. The maximum absolute atomic E-state index is 14.1. The van der Waals surface area contributed by atoms with Crippen molar-refractivity contribution in [2.24, 2.45) is 10.7 Å². The van der Waals surface area contributed by atoms with Gasteiger partial charge in [-0.2, -0.15) is 8.78 Å². The number of aliphatic hydroxyl groups excluding tert-OH is 3. The van der Waals surface area contributed by atoms with Crippen LogP contribution in [0.4, 0.5) is 8.78 Å². The monoisotopic (exact) mass is 291 g/mol. The zero-order valence-corrected chi connectivity index (χ0v) is 10.4. The Labute approximate surface area is 113 Å². The number of nitrogens with zero attached hydrogens (tertiary/aromatic N) is 2. The van der Waals surface area contributed by atoms with E-state index in [9.17, 15) is 24.1 Å². The molecule has 112 valence electrons. The predicted molar refractivity (Wildman–Crippen MR) is 64.4 cm³/mol. The molecule has 0 aromatic rings. The average molecular weight is 291 g/mol. The molecule has 1 saturated heterocycles. The van der Waals surface area contributed by atoms with Gasteiger partial charge in [0, 0.05) is 6.20 Å². The first-order valence-corrected chi connectivity index (χ1v) is 5.73. The van der Waals surface area contributed by atoms with Gasteiger partial charge in [-0.3, -0.25) is 0 Å². The molecule has 20 heavy (non-hydrogen) atoms. The van der Waals surface area contributed by atoms with Gasteiger partial charge in [0.05, 0.1) is 6.61 Å². The van der Waals surface area contributed by atoms with Crippen LogP contribution in [-0.4, -0.2) is 62.9 Å². The van der Waals surface area contributed by atoms with E-state index in [0.29, 0.717) is 4.90 Å². The van der Waals surface area contributed by atoms with Gasteiger partial charge in [-0.15, -0.1) is 6.58 Å². The summed E-state index contributed by atoms with van der Waals surface area (Å²) in [5.74, 6) is -3.79. The second kappa shape index (κ2) is 4.77. The summed E-state index contributed by atoms with van der Waals surface area (Å²) in [6, 6.07) is 0. The normalized spacial score (nSPS) is 39.8. The van der Waals surface area contributed by atoms with Gasteiger partial charge in [0.1, 0.15) is 11.4 Å². The summed E-state index contributed by atoms with van der Waals surface area (Å²) in [5, 5.41) is 28.6. The zero-order valence-electron chi connectivity index (χ0n) is 10.4. The molecule has 9 heteroatoms. The Bertz CT molecular complexity index is 471. The molecule has 4 atom stereocenters. The maximum atomic E-state index is 14.1.